The third kappa shape index (κ3) is 1.76. The lowest BCUT2D eigenvalue weighted by molar-refractivity contribution is 0.504. The molecule has 18 heavy (non-hydrogen) atoms. The summed E-state index contributed by atoms with van der Waals surface area (Å²) >= 11 is 9.30. The highest BCUT2D eigenvalue weighted by Gasteiger charge is 2.38. The van der Waals surface area contributed by atoms with Gasteiger partial charge in [0, 0.05) is 5.33 Å². The Kier molecular flexibility index (Phi) is 2.87. The number of hydrogen-bond donors (Lipinski definition) is 0. The first-order chi connectivity index (χ1) is 8.53. The van der Waals surface area contributed by atoms with E-state index in [2.05, 4.69) is 25.9 Å². The van der Waals surface area contributed by atoms with Crippen molar-refractivity contribution in [3.05, 3.63) is 23.1 Å². The SMILES string of the molecule is O=S1(=O)CCC1n1cnc2c(CBr)cc(Cl)nc21. The highest BCUT2D eigenvalue weighted by molar-refractivity contribution is 9.08. The largest absolute Gasteiger partial charge is 0.297 e. The van der Waals surface area contributed by atoms with Gasteiger partial charge in [0.05, 0.1) is 12.1 Å². The third-order valence-electron chi connectivity index (χ3n) is 3.10. The Labute approximate surface area is 117 Å². The molecule has 1 unspecified atom stereocenters. The highest BCUT2D eigenvalue weighted by Crippen LogP contribution is 2.34. The molecule has 0 saturated carbocycles. The summed E-state index contributed by atoms with van der Waals surface area (Å²) in [6.45, 7) is 0. The number of aromatic nitrogens is 3. The number of rotatable bonds is 2. The van der Waals surface area contributed by atoms with Crippen molar-refractivity contribution >= 4 is 48.5 Å². The summed E-state index contributed by atoms with van der Waals surface area (Å²) in [6, 6.07) is 1.73. The highest BCUT2D eigenvalue weighted by atomic mass is 79.9. The number of halogens is 2. The van der Waals surface area contributed by atoms with E-state index in [0.717, 1.165) is 5.56 Å². The minimum absolute atomic E-state index is 0.225. The van der Waals surface area contributed by atoms with Gasteiger partial charge in [0.25, 0.3) is 0 Å². The summed E-state index contributed by atoms with van der Waals surface area (Å²) in [6.07, 6.45) is 2.13. The molecule has 1 saturated heterocycles. The monoisotopic (exact) mass is 349 g/mol. The van der Waals surface area contributed by atoms with Gasteiger partial charge in [0.1, 0.15) is 16.0 Å². The number of nitrogens with zero attached hydrogens (tertiary/aromatic N) is 3. The molecule has 0 spiro atoms. The molecule has 0 bridgehead atoms. The molecule has 1 aliphatic heterocycles. The van der Waals surface area contributed by atoms with Gasteiger partial charge in [-0.1, -0.05) is 27.5 Å². The summed E-state index contributed by atoms with van der Waals surface area (Å²) in [4.78, 5) is 8.44. The molecule has 0 aromatic carbocycles. The van der Waals surface area contributed by atoms with Gasteiger partial charge >= 0.3 is 0 Å². The number of hydrogen-bond acceptors (Lipinski definition) is 4. The minimum atomic E-state index is -3.04. The van der Waals surface area contributed by atoms with Crippen molar-refractivity contribution in [3.63, 3.8) is 0 Å². The normalized spacial score (nSPS) is 22.0. The summed E-state index contributed by atoms with van der Waals surface area (Å²) in [5.41, 5.74) is 2.13. The average molecular weight is 351 g/mol. The van der Waals surface area contributed by atoms with E-state index in [9.17, 15) is 8.42 Å². The van der Waals surface area contributed by atoms with Gasteiger partial charge in [-0.25, -0.2) is 18.4 Å². The molecule has 5 nitrogen and oxygen atoms in total. The van der Waals surface area contributed by atoms with Crippen LogP contribution in [0, 0.1) is 0 Å². The molecule has 2 aromatic heterocycles. The van der Waals surface area contributed by atoms with Gasteiger partial charge in [-0.15, -0.1) is 0 Å². The Balaban J connectivity index is 2.23. The van der Waals surface area contributed by atoms with E-state index in [0.29, 0.717) is 28.1 Å². The van der Waals surface area contributed by atoms with Crippen molar-refractivity contribution in [2.75, 3.05) is 5.75 Å². The van der Waals surface area contributed by atoms with Gasteiger partial charge < -0.3 is 0 Å². The van der Waals surface area contributed by atoms with Gasteiger partial charge in [0.2, 0.25) is 0 Å². The topological polar surface area (TPSA) is 64.8 Å². The fourth-order valence-corrected chi connectivity index (χ4v) is 4.05. The Morgan fingerprint density at radius 3 is 2.89 bits per heavy atom. The number of fused-ring (bicyclic) bond motifs is 1. The van der Waals surface area contributed by atoms with Crippen molar-refractivity contribution in [2.45, 2.75) is 17.1 Å². The van der Waals surface area contributed by atoms with Crippen LogP contribution < -0.4 is 0 Å². The van der Waals surface area contributed by atoms with Crippen molar-refractivity contribution in [1.29, 1.82) is 0 Å². The maximum absolute atomic E-state index is 11.7. The maximum atomic E-state index is 11.7. The second kappa shape index (κ2) is 4.18. The Morgan fingerprint density at radius 2 is 2.33 bits per heavy atom. The van der Waals surface area contributed by atoms with Crippen LogP contribution in [0.2, 0.25) is 5.15 Å². The molecule has 0 aliphatic carbocycles. The smallest absolute Gasteiger partial charge is 0.171 e. The van der Waals surface area contributed by atoms with Crippen LogP contribution in [0.15, 0.2) is 12.4 Å². The van der Waals surface area contributed by atoms with Crippen LogP contribution in [0.3, 0.4) is 0 Å². The van der Waals surface area contributed by atoms with Crippen LogP contribution in [-0.4, -0.2) is 28.7 Å². The molecule has 1 aliphatic rings. The van der Waals surface area contributed by atoms with E-state index in [1.54, 1.807) is 10.6 Å². The van der Waals surface area contributed by atoms with Gasteiger partial charge in [-0.2, -0.15) is 0 Å². The fraction of sp³-hybridized carbons (Fsp3) is 0.400. The average Bonchev–Trinajstić information content (AvgIpc) is 2.70. The molecule has 1 atom stereocenters. The van der Waals surface area contributed by atoms with E-state index in [1.807, 2.05) is 0 Å². The Bertz CT molecular complexity index is 728. The lowest BCUT2D eigenvalue weighted by atomic mass is 10.3. The van der Waals surface area contributed by atoms with Crippen LogP contribution in [0.4, 0.5) is 0 Å². The van der Waals surface area contributed by atoms with Crippen molar-refractivity contribution < 1.29 is 8.42 Å². The first kappa shape index (κ1) is 12.4. The van der Waals surface area contributed by atoms with E-state index in [-0.39, 0.29) is 5.75 Å². The van der Waals surface area contributed by atoms with E-state index in [4.69, 9.17) is 11.6 Å². The van der Waals surface area contributed by atoms with Crippen molar-refractivity contribution in [2.24, 2.45) is 0 Å². The van der Waals surface area contributed by atoms with Crippen LogP contribution in [0.5, 0.6) is 0 Å². The lowest BCUT2D eigenvalue weighted by Crippen LogP contribution is -2.33. The number of pyridine rings is 1. The first-order valence-corrected chi connectivity index (χ1v) is 8.54. The molecule has 2 aromatic rings. The molecule has 1 fully saturated rings. The second-order valence-electron chi connectivity index (χ2n) is 4.17. The summed E-state index contributed by atoms with van der Waals surface area (Å²) in [7, 11) is -3.04. The summed E-state index contributed by atoms with van der Waals surface area (Å²) in [5, 5.41) is 0.396. The molecule has 96 valence electrons. The van der Waals surface area contributed by atoms with Crippen LogP contribution in [0.25, 0.3) is 11.2 Å². The molecule has 0 N–H and O–H groups in total. The van der Waals surface area contributed by atoms with Gasteiger partial charge in [-0.3, -0.25) is 4.57 Å². The molecule has 0 radical (unpaired) electrons. The first-order valence-electron chi connectivity index (χ1n) is 5.32. The molecular weight excluding hydrogens is 342 g/mol. The number of imidazole rings is 1. The van der Waals surface area contributed by atoms with E-state index < -0.39 is 15.2 Å². The Hall–Kier alpha value is -0.660. The molecular formula is C10H9BrClN3O2S. The molecule has 8 heteroatoms. The lowest BCUT2D eigenvalue weighted by Gasteiger charge is -2.27. The quantitative estimate of drug-likeness (QED) is 0.616. The standard InChI is InChI=1S/C10H9BrClN3O2S/c11-4-6-3-7(12)14-10-9(6)13-5-15(10)8-1-2-18(8,16)17/h3,5,8H,1-2,4H2. The molecule has 3 rings (SSSR count). The zero-order valence-corrected chi connectivity index (χ0v) is 12.3. The second-order valence-corrected chi connectivity index (χ2v) is 7.40. The third-order valence-corrected chi connectivity index (χ3v) is 5.99. The Morgan fingerprint density at radius 1 is 1.56 bits per heavy atom. The zero-order chi connectivity index (χ0) is 12.9. The molecule has 3 heterocycles. The van der Waals surface area contributed by atoms with Crippen LogP contribution in [-0.2, 0) is 15.2 Å². The summed E-state index contributed by atoms with van der Waals surface area (Å²) < 4.78 is 25.0. The number of sulfone groups is 1. The minimum Gasteiger partial charge on any atom is -0.297 e. The van der Waals surface area contributed by atoms with Gasteiger partial charge in [0.15, 0.2) is 15.5 Å². The number of alkyl halides is 1. The van der Waals surface area contributed by atoms with E-state index in [1.165, 1.54) is 6.33 Å². The zero-order valence-electron chi connectivity index (χ0n) is 9.18. The van der Waals surface area contributed by atoms with E-state index >= 15 is 0 Å². The van der Waals surface area contributed by atoms with Gasteiger partial charge in [-0.05, 0) is 18.1 Å². The van der Waals surface area contributed by atoms with Crippen LogP contribution in [0.1, 0.15) is 17.4 Å². The van der Waals surface area contributed by atoms with Crippen molar-refractivity contribution in [1.82, 2.24) is 14.5 Å². The fourth-order valence-electron chi connectivity index (χ4n) is 2.08. The predicted molar refractivity (Wildman–Crippen MR) is 72.6 cm³/mol. The molecule has 0 amide bonds. The predicted octanol–water partition coefficient (Wildman–Crippen LogP) is 2.30. The maximum Gasteiger partial charge on any atom is 0.171 e. The summed E-state index contributed by atoms with van der Waals surface area (Å²) in [5.74, 6) is 0.225. The van der Waals surface area contributed by atoms with Crippen molar-refractivity contribution in [3.8, 4) is 0 Å². The van der Waals surface area contributed by atoms with Crippen LogP contribution >= 0.6 is 27.5 Å².